The van der Waals surface area contributed by atoms with Crippen LogP contribution in [-0.2, 0) is 9.59 Å². The Hall–Kier alpha value is -2.57. The number of ether oxygens (including phenoxy) is 2. The van der Waals surface area contributed by atoms with Crippen molar-refractivity contribution in [3.63, 3.8) is 0 Å². The number of benzene rings is 1. The van der Waals surface area contributed by atoms with Crippen molar-refractivity contribution in [2.24, 2.45) is 5.10 Å². The van der Waals surface area contributed by atoms with Gasteiger partial charge in [0, 0.05) is 6.04 Å². The van der Waals surface area contributed by atoms with Gasteiger partial charge >= 0.3 is 11.8 Å². The standard InChI is InChI=1S/C18H27N3O4/c1-5-10-25-15-9-8-14(11-16(15)24-7-3)12-19-21-18(23)17(22)20-13(4)6-2/h8-9,11-13H,5-7,10H2,1-4H3,(H,20,22)(H,21,23). The first-order valence-corrected chi connectivity index (χ1v) is 8.55. The van der Waals surface area contributed by atoms with E-state index in [9.17, 15) is 9.59 Å². The van der Waals surface area contributed by atoms with Crippen LogP contribution >= 0.6 is 0 Å². The van der Waals surface area contributed by atoms with E-state index in [1.165, 1.54) is 6.21 Å². The Morgan fingerprint density at radius 2 is 1.92 bits per heavy atom. The molecule has 1 atom stereocenters. The summed E-state index contributed by atoms with van der Waals surface area (Å²) in [4.78, 5) is 23.3. The van der Waals surface area contributed by atoms with Gasteiger partial charge in [-0.3, -0.25) is 9.59 Å². The third-order valence-corrected chi connectivity index (χ3v) is 3.31. The monoisotopic (exact) mass is 349 g/mol. The van der Waals surface area contributed by atoms with Crippen LogP contribution in [0.3, 0.4) is 0 Å². The lowest BCUT2D eigenvalue weighted by Crippen LogP contribution is -2.41. The third kappa shape index (κ3) is 7.24. The molecule has 25 heavy (non-hydrogen) atoms. The number of amides is 2. The van der Waals surface area contributed by atoms with E-state index in [0.717, 1.165) is 18.4 Å². The Morgan fingerprint density at radius 1 is 1.16 bits per heavy atom. The molecule has 2 N–H and O–H groups in total. The first-order valence-electron chi connectivity index (χ1n) is 8.55. The summed E-state index contributed by atoms with van der Waals surface area (Å²) >= 11 is 0. The minimum Gasteiger partial charge on any atom is -0.490 e. The molecule has 0 radical (unpaired) electrons. The van der Waals surface area contributed by atoms with Gasteiger partial charge in [0.1, 0.15) is 0 Å². The van der Waals surface area contributed by atoms with E-state index in [1.807, 2.05) is 27.7 Å². The molecule has 7 nitrogen and oxygen atoms in total. The highest BCUT2D eigenvalue weighted by atomic mass is 16.5. The van der Waals surface area contributed by atoms with Crippen LogP contribution in [0.1, 0.15) is 46.1 Å². The predicted octanol–water partition coefficient (Wildman–Crippen LogP) is 2.24. The van der Waals surface area contributed by atoms with Crippen LogP contribution in [0, 0.1) is 0 Å². The molecule has 0 fully saturated rings. The van der Waals surface area contributed by atoms with Crippen molar-refractivity contribution in [2.45, 2.75) is 46.6 Å². The number of hydrogen-bond acceptors (Lipinski definition) is 5. The van der Waals surface area contributed by atoms with Gasteiger partial charge in [-0.05, 0) is 50.5 Å². The summed E-state index contributed by atoms with van der Waals surface area (Å²) in [6.07, 6.45) is 3.09. The Morgan fingerprint density at radius 3 is 2.56 bits per heavy atom. The summed E-state index contributed by atoms with van der Waals surface area (Å²) < 4.78 is 11.2. The van der Waals surface area contributed by atoms with Crippen molar-refractivity contribution in [3.05, 3.63) is 23.8 Å². The fourth-order valence-corrected chi connectivity index (χ4v) is 1.81. The van der Waals surface area contributed by atoms with Gasteiger partial charge in [0.05, 0.1) is 19.4 Å². The molecule has 0 aromatic heterocycles. The summed E-state index contributed by atoms with van der Waals surface area (Å²) in [6, 6.07) is 5.29. The number of hydrogen-bond donors (Lipinski definition) is 2. The van der Waals surface area contributed by atoms with Crippen molar-refractivity contribution in [2.75, 3.05) is 13.2 Å². The van der Waals surface area contributed by atoms with E-state index in [1.54, 1.807) is 18.2 Å². The lowest BCUT2D eigenvalue weighted by molar-refractivity contribution is -0.139. The lowest BCUT2D eigenvalue weighted by Gasteiger charge is -2.12. The maximum atomic E-state index is 11.6. The zero-order valence-corrected chi connectivity index (χ0v) is 15.3. The molecule has 0 aliphatic rings. The second kappa shape index (κ2) is 11.1. The van der Waals surface area contributed by atoms with Crippen LogP contribution in [0.2, 0.25) is 0 Å². The fraction of sp³-hybridized carbons (Fsp3) is 0.500. The first kappa shape index (κ1) is 20.5. The molecule has 1 rings (SSSR count). The number of nitrogens with one attached hydrogen (secondary N) is 2. The molecule has 0 aliphatic heterocycles. The van der Waals surface area contributed by atoms with E-state index in [0.29, 0.717) is 24.7 Å². The molecule has 0 saturated heterocycles. The molecule has 0 bridgehead atoms. The summed E-state index contributed by atoms with van der Waals surface area (Å²) in [5, 5.41) is 6.38. The van der Waals surface area contributed by atoms with E-state index in [4.69, 9.17) is 9.47 Å². The summed E-state index contributed by atoms with van der Waals surface area (Å²) in [5.41, 5.74) is 2.92. The van der Waals surface area contributed by atoms with Crippen LogP contribution in [-0.4, -0.2) is 37.3 Å². The van der Waals surface area contributed by atoms with Crippen molar-refractivity contribution < 1.29 is 19.1 Å². The van der Waals surface area contributed by atoms with Crippen molar-refractivity contribution in [3.8, 4) is 11.5 Å². The van der Waals surface area contributed by atoms with Crippen molar-refractivity contribution in [1.29, 1.82) is 0 Å². The highest BCUT2D eigenvalue weighted by Crippen LogP contribution is 2.28. The van der Waals surface area contributed by atoms with Crippen LogP contribution < -0.4 is 20.2 Å². The fourth-order valence-electron chi connectivity index (χ4n) is 1.81. The largest absolute Gasteiger partial charge is 0.490 e. The number of carbonyl (C=O) groups is 2. The Bertz CT molecular complexity index is 602. The molecule has 0 saturated carbocycles. The van der Waals surface area contributed by atoms with Crippen LogP contribution in [0.25, 0.3) is 0 Å². The van der Waals surface area contributed by atoms with Gasteiger partial charge in [0.2, 0.25) is 0 Å². The van der Waals surface area contributed by atoms with Gasteiger partial charge in [-0.25, -0.2) is 5.43 Å². The number of hydrazone groups is 1. The van der Waals surface area contributed by atoms with Crippen LogP contribution in [0.15, 0.2) is 23.3 Å². The number of carbonyl (C=O) groups excluding carboxylic acids is 2. The zero-order chi connectivity index (χ0) is 18.7. The van der Waals surface area contributed by atoms with Gasteiger partial charge in [0.15, 0.2) is 11.5 Å². The average Bonchev–Trinajstić information content (AvgIpc) is 2.61. The minimum atomic E-state index is -0.801. The molecule has 0 aliphatic carbocycles. The van der Waals surface area contributed by atoms with E-state index in [2.05, 4.69) is 15.8 Å². The van der Waals surface area contributed by atoms with Crippen LogP contribution in [0.5, 0.6) is 11.5 Å². The van der Waals surface area contributed by atoms with Crippen LogP contribution in [0.4, 0.5) is 0 Å². The van der Waals surface area contributed by atoms with Gasteiger partial charge in [-0.15, -0.1) is 0 Å². The van der Waals surface area contributed by atoms with E-state index < -0.39 is 11.8 Å². The average molecular weight is 349 g/mol. The topological polar surface area (TPSA) is 89.0 Å². The molecule has 0 heterocycles. The first-order chi connectivity index (χ1) is 12.0. The normalized spacial score (nSPS) is 11.8. The predicted molar refractivity (Wildman–Crippen MR) is 97.0 cm³/mol. The minimum absolute atomic E-state index is 0.0633. The quantitative estimate of drug-likeness (QED) is 0.406. The summed E-state index contributed by atoms with van der Waals surface area (Å²) in [5.74, 6) is -0.229. The van der Waals surface area contributed by atoms with Gasteiger partial charge in [-0.1, -0.05) is 13.8 Å². The molecule has 1 aromatic rings. The smallest absolute Gasteiger partial charge is 0.329 e. The molecule has 2 amide bonds. The summed E-state index contributed by atoms with van der Waals surface area (Å²) in [7, 11) is 0. The van der Waals surface area contributed by atoms with Gasteiger partial charge < -0.3 is 14.8 Å². The molecule has 1 aromatic carbocycles. The Kier molecular flexibility index (Phi) is 9.06. The second-order valence-corrected chi connectivity index (χ2v) is 5.47. The second-order valence-electron chi connectivity index (χ2n) is 5.47. The SMILES string of the molecule is CCCOc1ccc(C=NNC(=O)C(=O)NC(C)CC)cc1OCC. The highest BCUT2D eigenvalue weighted by molar-refractivity contribution is 6.35. The Balaban J connectivity index is 2.68. The highest BCUT2D eigenvalue weighted by Gasteiger charge is 2.14. The van der Waals surface area contributed by atoms with E-state index in [-0.39, 0.29) is 6.04 Å². The maximum Gasteiger partial charge on any atom is 0.329 e. The van der Waals surface area contributed by atoms with Crippen molar-refractivity contribution >= 4 is 18.0 Å². The molecular formula is C18H27N3O4. The molecule has 0 spiro atoms. The third-order valence-electron chi connectivity index (χ3n) is 3.31. The lowest BCUT2D eigenvalue weighted by atomic mass is 10.2. The number of rotatable bonds is 9. The van der Waals surface area contributed by atoms with Gasteiger partial charge in [-0.2, -0.15) is 5.10 Å². The van der Waals surface area contributed by atoms with Gasteiger partial charge in [0.25, 0.3) is 0 Å². The number of nitrogens with zero attached hydrogens (tertiary/aromatic N) is 1. The Labute approximate surface area is 148 Å². The molecular weight excluding hydrogens is 322 g/mol. The zero-order valence-electron chi connectivity index (χ0n) is 15.3. The maximum absolute atomic E-state index is 11.6. The molecule has 7 heteroatoms. The van der Waals surface area contributed by atoms with Crippen molar-refractivity contribution in [1.82, 2.24) is 10.7 Å². The van der Waals surface area contributed by atoms with E-state index >= 15 is 0 Å². The summed E-state index contributed by atoms with van der Waals surface area (Å²) in [6.45, 7) is 8.78. The molecule has 1 unspecified atom stereocenters. The molecule has 138 valence electrons.